The van der Waals surface area contributed by atoms with Crippen molar-refractivity contribution in [1.29, 1.82) is 0 Å². The molecule has 0 unspecified atom stereocenters. The summed E-state index contributed by atoms with van der Waals surface area (Å²) < 4.78 is 0. The lowest BCUT2D eigenvalue weighted by Gasteiger charge is -2.27. The maximum atomic E-state index is 12.0. The van der Waals surface area contributed by atoms with E-state index in [0.29, 0.717) is 5.75 Å². The Morgan fingerprint density at radius 2 is 2.17 bits per heavy atom. The molecule has 0 saturated carbocycles. The van der Waals surface area contributed by atoms with Gasteiger partial charge in [0.1, 0.15) is 0 Å². The molecule has 98 valence electrons. The molecule has 1 aromatic rings. The van der Waals surface area contributed by atoms with E-state index in [1.54, 1.807) is 0 Å². The number of benzene rings is 1. The predicted octanol–water partition coefficient (Wildman–Crippen LogP) is 1.10. The fourth-order valence-electron chi connectivity index (χ4n) is 1.91. The number of nitrogens with one attached hydrogen (secondary N) is 1. The largest absolute Gasteiger partial charge is 0.398 e. The van der Waals surface area contributed by atoms with E-state index >= 15 is 0 Å². The highest BCUT2D eigenvalue weighted by molar-refractivity contribution is 8.00. The second kappa shape index (κ2) is 6.11. The van der Waals surface area contributed by atoms with Gasteiger partial charge in [-0.2, -0.15) is 0 Å². The zero-order valence-electron chi connectivity index (χ0n) is 10.6. The molecule has 1 heterocycles. The molecule has 0 bridgehead atoms. The first kappa shape index (κ1) is 13.2. The minimum absolute atomic E-state index is 0.197. The van der Waals surface area contributed by atoms with Crippen LogP contribution in [0.1, 0.15) is 5.56 Å². The smallest absolute Gasteiger partial charge is 0.233 e. The van der Waals surface area contributed by atoms with E-state index in [2.05, 4.69) is 5.32 Å². The summed E-state index contributed by atoms with van der Waals surface area (Å²) >= 11 is 1.53. The van der Waals surface area contributed by atoms with E-state index in [1.165, 1.54) is 17.3 Å². The zero-order chi connectivity index (χ0) is 13.0. The number of nitrogens with zero attached hydrogens (tertiary/aromatic N) is 1. The minimum Gasteiger partial charge on any atom is -0.398 e. The van der Waals surface area contributed by atoms with Crippen LogP contribution in [0.4, 0.5) is 5.69 Å². The van der Waals surface area contributed by atoms with Crippen LogP contribution in [-0.4, -0.2) is 42.7 Å². The summed E-state index contributed by atoms with van der Waals surface area (Å²) in [6, 6.07) is 5.91. The molecule has 2 rings (SSSR count). The number of carbonyl (C=O) groups is 1. The van der Waals surface area contributed by atoms with Crippen molar-refractivity contribution in [2.24, 2.45) is 0 Å². The molecule has 18 heavy (non-hydrogen) atoms. The van der Waals surface area contributed by atoms with Gasteiger partial charge in [-0.3, -0.25) is 4.79 Å². The standard InChI is InChI=1S/C13H19N3OS/c1-10-2-3-11(14)12(8-10)18-9-13(17)16-6-4-15-5-7-16/h2-3,8,15H,4-7,9,14H2,1H3. The molecule has 0 spiro atoms. The molecule has 4 nitrogen and oxygen atoms in total. The molecular formula is C13H19N3OS. The van der Waals surface area contributed by atoms with E-state index in [4.69, 9.17) is 5.73 Å². The van der Waals surface area contributed by atoms with Crippen molar-refractivity contribution in [1.82, 2.24) is 10.2 Å². The van der Waals surface area contributed by atoms with Crippen LogP contribution in [0.25, 0.3) is 0 Å². The van der Waals surface area contributed by atoms with Gasteiger partial charge in [0.05, 0.1) is 5.75 Å². The first-order valence-electron chi connectivity index (χ1n) is 6.14. The summed E-state index contributed by atoms with van der Waals surface area (Å²) in [7, 11) is 0. The highest BCUT2D eigenvalue weighted by Gasteiger charge is 2.16. The van der Waals surface area contributed by atoms with Crippen molar-refractivity contribution in [2.45, 2.75) is 11.8 Å². The van der Waals surface area contributed by atoms with Crippen molar-refractivity contribution in [3.63, 3.8) is 0 Å². The fraction of sp³-hybridized carbons (Fsp3) is 0.462. The van der Waals surface area contributed by atoms with Crippen LogP contribution in [0.5, 0.6) is 0 Å². The van der Waals surface area contributed by atoms with Crippen LogP contribution < -0.4 is 11.1 Å². The summed E-state index contributed by atoms with van der Waals surface area (Å²) in [6.07, 6.45) is 0. The Morgan fingerprint density at radius 3 is 2.89 bits per heavy atom. The van der Waals surface area contributed by atoms with Gasteiger partial charge in [0.2, 0.25) is 5.91 Å². The molecular weight excluding hydrogens is 246 g/mol. The minimum atomic E-state index is 0.197. The Balaban J connectivity index is 1.90. The van der Waals surface area contributed by atoms with E-state index in [9.17, 15) is 4.79 Å². The number of nitrogens with two attached hydrogens (primary N) is 1. The number of anilines is 1. The zero-order valence-corrected chi connectivity index (χ0v) is 11.4. The molecule has 1 aromatic carbocycles. The predicted molar refractivity (Wildman–Crippen MR) is 75.8 cm³/mol. The second-order valence-corrected chi connectivity index (χ2v) is 5.48. The lowest BCUT2D eigenvalue weighted by atomic mass is 10.2. The van der Waals surface area contributed by atoms with Crippen LogP contribution in [0.3, 0.4) is 0 Å². The highest BCUT2D eigenvalue weighted by atomic mass is 32.2. The molecule has 3 N–H and O–H groups in total. The number of amides is 1. The third-order valence-electron chi connectivity index (χ3n) is 2.99. The second-order valence-electron chi connectivity index (χ2n) is 4.46. The van der Waals surface area contributed by atoms with E-state index in [0.717, 1.165) is 36.8 Å². The van der Waals surface area contributed by atoms with E-state index in [-0.39, 0.29) is 5.91 Å². The van der Waals surface area contributed by atoms with Gasteiger partial charge in [-0.1, -0.05) is 6.07 Å². The topological polar surface area (TPSA) is 58.4 Å². The molecule has 0 atom stereocenters. The maximum Gasteiger partial charge on any atom is 0.233 e. The van der Waals surface area contributed by atoms with Crippen LogP contribution in [-0.2, 0) is 4.79 Å². The third-order valence-corrected chi connectivity index (χ3v) is 4.05. The van der Waals surface area contributed by atoms with Crippen molar-refractivity contribution in [2.75, 3.05) is 37.7 Å². The van der Waals surface area contributed by atoms with Crippen LogP contribution in [0, 0.1) is 6.92 Å². The van der Waals surface area contributed by atoms with Gasteiger partial charge in [0, 0.05) is 36.8 Å². The Bertz CT molecular complexity index is 430. The van der Waals surface area contributed by atoms with Crippen molar-refractivity contribution in [3.8, 4) is 0 Å². The van der Waals surface area contributed by atoms with Crippen molar-refractivity contribution >= 4 is 23.4 Å². The number of carbonyl (C=O) groups excluding carboxylic acids is 1. The highest BCUT2D eigenvalue weighted by Crippen LogP contribution is 2.26. The van der Waals surface area contributed by atoms with Gasteiger partial charge in [0.15, 0.2) is 0 Å². The number of nitrogen functional groups attached to an aromatic ring is 1. The molecule has 1 fully saturated rings. The molecule has 1 aliphatic rings. The number of hydrogen-bond acceptors (Lipinski definition) is 4. The lowest BCUT2D eigenvalue weighted by Crippen LogP contribution is -2.47. The Morgan fingerprint density at radius 1 is 1.44 bits per heavy atom. The van der Waals surface area contributed by atoms with E-state index in [1.807, 2.05) is 30.0 Å². The average Bonchev–Trinajstić information content (AvgIpc) is 2.40. The van der Waals surface area contributed by atoms with Crippen LogP contribution in [0.15, 0.2) is 23.1 Å². The molecule has 1 saturated heterocycles. The number of rotatable bonds is 3. The summed E-state index contributed by atoms with van der Waals surface area (Å²) in [4.78, 5) is 14.9. The normalized spacial score (nSPS) is 15.7. The van der Waals surface area contributed by atoms with Crippen molar-refractivity contribution in [3.05, 3.63) is 23.8 Å². The SMILES string of the molecule is Cc1ccc(N)c(SCC(=O)N2CCNCC2)c1. The summed E-state index contributed by atoms with van der Waals surface area (Å²) in [5, 5.41) is 3.24. The Labute approximate surface area is 112 Å². The lowest BCUT2D eigenvalue weighted by molar-refractivity contribution is -0.128. The first-order chi connectivity index (χ1) is 8.66. The third kappa shape index (κ3) is 3.40. The van der Waals surface area contributed by atoms with E-state index < -0.39 is 0 Å². The first-order valence-corrected chi connectivity index (χ1v) is 7.13. The van der Waals surface area contributed by atoms with Gasteiger partial charge in [-0.05, 0) is 24.6 Å². The molecule has 5 heteroatoms. The van der Waals surface area contributed by atoms with Gasteiger partial charge >= 0.3 is 0 Å². The molecule has 0 aliphatic carbocycles. The number of piperazine rings is 1. The molecule has 0 aromatic heterocycles. The monoisotopic (exact) mass is 265 g/mol. The Kier molecular flexibility index (Phi) is 4.49. The van der Waals surface area contributed by atoms with Crippen molar-refractivity contribution < 1.29 is 4.79 Å². The molecule has 1 amide bonds. The number of aryl methyl sites for hydroxylation is 1. The van der Waals surface area contributed by atoms with Gasteiger partial charge in [-0.25, -0.2) is 0 Å². The molecule has 0 radical (unpaired) electrons. The summed E-state index contributed by atoms with van der Waals surface area (Å²) in [5.74, 6) is 0.663. The van der Waals surface area contributed by atoms with Gasteiger partial charge < -0.3 is 16.0 Å². The summed E-state index contributed by atoms with van der Waals surface area (Å²) in [5.41, 5.74) is 7.82. The number of hydrogen-bond donors (Lipinski definition) is 2. The van der Waals surface area contributed by atoms with Crippen LogP contribution in [0.2, 0.25) is 0 Å². The van der Waals surface area contributed by atoms with Gasteiger partial charge in [0.25, 0.3) is 0 Å². The fourth-order valence-corrected chi connectivity index (χ4v) is 2.88. The molecule has 1 aliphatic heterocycles. The average molecular weight is 265 g/mol. The summed E-state index contributed by atoms with van der Waals surface area (Å²) in [6.45, 7) is 5.43. The van der Waals surface area contributed by atoms with Gasteiger partial charge in [-0.15, -0.1) is 11.8 Å². The number of thioether (sulfide) groups is 1. The maximum absolute atomic E-state index is 12.0. The quantitative estimate of drug-likeness (QED) is 0.635. The van der Waals surface area contributed by atoms with Crippen LogP contribution >= 0.6 is 11.8 Å². The Hall–Kier alpha value is -1.20.